The minimum absolute atomic E-state index is 0.0265. The van der Waals surface area contributed by atoms with Crippen LogP contribution in [0.4, 0.5) is 0 Å². The number of carbonyl (C=O) groups excluding carboxylic acids is 1. The highest BCUT2D eigenvalue weighted by molar-refractivity contribution is 7.92. The van der Waals surface area contributed by atoms with Gasteiger partial charge in [-0.2, -0.15) is 0 Å². The maximum atomic E-state index is 12.3. The lowest BCUT2D eigenvalue weighted by Crippen LogP contribution is -2.31. The number of amides is 1. The first kappa shape index (κ1) is 16.0. The zero-order valence-electron chi connectivity index (χ0n) is 11.8. The molecule has 3 rings (SSSR count). The van der Waals surface area contributed by atoms with Crippen molar-refractivity contribution >= 4 is 49.0 Å². The van der Waals surface area contributed by atoms with Crippen LogP contribution in [0.25, 0.3) is 10.1 Å². The van der Waals surface area contributed by atoms with Crippen LogP contribution in [0, 0.1) is 0 Å². The predicted molar refractivity (Wildman–Crippen MR) is 92.3 cm³/mol. The molecule has 0 bridgehead atoms. The average Bonchev–Trinajstić information content (AvgIpc) is 2.94. The molecule has 0 aliphatic heterocycles. The molecule has 1 N–H and O–H groups in total. The summed E-state index contributed by atoms with van der Waals surface area (Å²) in [4.78, 5) is 12.0. The molecule has 0 unspecified atom stereocenters. The average molecular weight is 366 g/mol. The zero-order chi connectivity index (χ0) is 16.4. The fourth-order valence-electron chi connectivity index (χ4n) is 2.11. The number of thiophene rings is 1. The minimum Gasteiger partial charge on any atom is -0.274 e. The van der Waals surface area contributed by atoms with Crippen LogP contribution >= 0.6 is 22.9 Å². The van der Waals surface area contributed by atoms with E-state index in [0.29, 0.717) is 10.6 Å². The number of hydrogen-bond donors (Lipinski definition) is 1. The van der Waals surface area contributed by atoms with Crippen molar-refractivity contribution in [3.8, 4) is 0 Å². The van der Waals surface area contributed by atoms with Gasteiger partial charge in [0.15, 0.2) is 0 Å². The van der Waals surface area contributed by atoms with E-state index in [-0.39, 0.29) is 10.6 Å². The minimum atomic E-state index is -3.86. The summed E-state index contributed by atoms with van der Waals surface area (Å²) < 4.78 is 27.7. The highest BCUT2D eigenvalue weighted by Crippen LogP contribution is 2.28. The quantitative estimate of drug-likeness (QED) is 0.768. The van der Waals surface area contributed by atoms with Gasteiger partial charge >= 0.3 is 0 Å². The molecule has 2 aromatic carbocycles. The molecule has 3 aromatic rings. The maximum absolute atomic E-state index is 12.3. The van der Waals surface area contributed by atoms with Gasteiger partial charge in [-0.15, -0.1) is 11.3 Å². The van der Waals surface area contributed by atoms with Crippen molar-refractivity contribution in [2.75, 3.05) is 0 Å². The van der Waals surface area contributed by atoms with Crippen molar-refractivity contribution in [2.24, 2.45) is 0 Å². The second-order valence-corrected chi connectivity index (χ2v) is 8.36. The molecule has 7 heteroatoms. The van der Waals surface area contributed by atoms with Gasteiger partial charge in [-0.05, 0) is 35.2 Å². The summed E-state index contributed by atoms with van der Waals surface area (Å²) in [7, 11) is -3.86. The number of halogens is 1. The Bertz CT molecular complexity index is 929. The topological polar surface area (TPSA) is 63.2 Å². The SMILES string of the molecule is O=C(Cc1ccc(Cl)cc1)NS(=O)(=O)c1cc2ccccc2s1. The Morgan fingerprint density at radius 1 is 1.09 bits per heavy atom. The number of hydrogen-bond acceptors (Lipinski definition) is 4. The first-order valence-electron chi connectivity index (χ1n) is 6.73. The molecular formula is C16H12ClNO3S2. The summed E-state index contributed by atoms with van der Waals surface area (Å²) in [5, 5.41) is 1.40. The van der Waals surface area contributed by atoms with Crippen molar-refractivity contribution in [1.82, 2.24) is 4.72 Å². The Labute approximate surface area is 142 Å². The molecule has 0 atom stereocenters. The molecule has 0 saturated heterocycles. The van der Waals surface area contributed by atoms with E-state index in [4.69, 9.17) is 11.6 Å². The molecule has 23 heavy (non-hydrogen) atoms. The van der Waals surface area contributed by atoms with Crippen molar-refractivity contribution in [2.45, 2.75) is 10.6 Å². The van der Waals surface area contributed by atoms with E-state index in [1.807, 2.05) is 24.3 Å². The van der Waals surface area contributed by atoms with Crippen LogP contribution in [-0.4, -0.2) is 14.3 Å². The number of nitrogens with one attached hydrogen (secondary N) is 1. The second-order valence-electron chi connectivity index (χ2n) is 4.94. The maximum Gasteiger partial charge on any atom is 0.273 e. The van der Waals surface area contributed by atoms with Crippen LogP contribution in [0.2, 0.25) is 5.02 Å². The Morgan fingerprint density at radius 3 is 2.48 bits per heavy atom. The molecule has 0 spiro atoms. The highest BCUT2D eigenvalue weighted by Gasteiger charge is 2.20. The smallest absolute Gasteiger partial charge is 0.273 e. The second kappa shape index (κ2) is 6.31. The summed E-state index contributed by atoms with van der Waals surface area (Å²) in [6, 6.07) is 15.6. The van der Waals surface area contributed by atoms with E-state index in [1.165, 1.54) is 0 Å². The molecule has 0 fully saturated rings. The molecule has 1 aromatic heterocycles. The summed E-state index contributed by atoms with van der Waals surface area (Å²) >= 11 is 6.91. The van der Waals surface area contributed by atoms with Gasteiger partial charge in [0, 0.05) is 9.72 Å². The fourth-order valence-corrected chi connectivity index (χ4v) is 4.62. The van der Waals surface area contributed by atoms with E-state index in [0.717, 1.165) is 21.4 Å². The standard InChI is InChI=1S/C16H12ClNO3S2/c17-13-7-5-11(6-8-13)9-15(19)18-23(20,21)16-10-12-3-1-2-4-14(12)22-16/h1-8,10H,9H2,(H,18,19). The van der Waals surface area contributed by atoms with E-state index in [1.54, 1.807) is 30.3 Å². The molecule has 4 nitrogen and oxygen atoms in total. The predicted octanol–water partition coefficient (Wildman–Crippen LogP) is 3.60. The van der Waals surface area contributed by atoms with Crippen LogP contribution in [-0.2, 0) is 21.2 Å². The number of rotatable bonds is 4. The lowest BCUT2D eigenvalue weighted by molar-refractivity contribution is -0.118. The van der Waals surface area contributed by atoms with Gasteiger partial charge in [0.2, 0.25) is 5.91 Å². The molecule has 0 saturated carbocycles. The number of carbonyl (C=O) groups is 1. The summed E-state index contributed by atoms with van der Waals surface area (Å²) in [6.45, 7) is 0. The highest BCUT2D eigenvalue weighted by atomic mass is 35.5. The van der Waals surface area contributed by atoms with Gasteiger partial charge in [0.1, 0.15) is 4.21 Å². The van der Waals surface area contributed by atoms with Gasteiger partial charge in [-0.25, -0.2) is 13.1 Å². The largest absolute Gasteiger partial charge is 0.274 e. The van der Waals surface area contributed by atoms with Gasteiger partial charge in [0.25, 0.3) is 10.0 Å². The van der Waals surface area contributed by atoms with E-state index >= 15 is 0 Å². The van der Waals surface area contributed by atoms with Crippen molar-refractivity contribution < 1.29 is 13.2 Å². The molecular weight excluding hydrogens is 354 g/mol. The van der Waals surface area contributed by atoms with Crippen molar-refractivity contribution in [1.29, 1.82) is 0 Å². The van der Waals surface area contributed by atoms with Gasteiger partial charge in [0.05, 0.1) is 6.42 Å². The number of benzene rings is 2. The van der Waals surface area contributed by atoms with Gasteiger partial charge in [-0.3, -0.25) is 4.79 Å². The van der Waals surface area contributed by atoms with Crippen LogP contribution in [0.15, 0.2) is 58.8 Å². The molecule has 118 valence electrons. The molecule has 0 aliphatic carbocycles. The van der Waals surface area contributed by atoms with Crippen LogP contribution in [0.1, 0.15) is 5.56 Å². The molecule has 0 radical (unpaired) electrons. The summed E-state index contributed by atoms with van der Waals surface area (Å²) in [5.41, 5.74) is 0.693. The third-order valence-corrected chi connectivity index (χ3v) is 6.41. The van der Waals surface area contributed by atoms with E-state index in [2.05, 4.69) is 4.72 Å². The lowest BCUT2D eigenvalue weighted by Gasteiger charge is -2.05. The molecule has 0 aliphatic rings. The fraction of sp³-hybridized carbons (Fsp3) is 0.0625. The lowest BCUT2D eigenvalue weighted by atomic mass is 10.1. The van der Waals surface area contributed by atoms with E-state index < -0.39 is 15.9 Å². The number of fused-ring (bicyclic) bond motifs is 1. The van der Waals surface area contributed by atoms with Gasteiger partial charge < -0.3 is 0 Å². The Kier molecular flexibility index (Phi) is 4.39. The zero-order valence-corrected chi connectivity index (χ0v) is 14.2. The third kappa shape index (κ3) is 3.72. The third-order valence-electron chi connectivity index (χ3n) is 3.19. The molecule has 1 amide bonds. The monoisotopic (exact) mass is 365 g/mol. The first-order valence-corrected chi connectivity index (χ1v) is 9.40. The Hall–Kier alpha value is -1.89. The number of sulfonamides is 1. The van der Waals surface area contributed by atoms with Crippen molar-refractivity contribution in [3.05, 3.63) is 65.2 Å². The van der Waals surface area contributed by atoms with E-state index in [9.17, 15) is 13.2 Å². The normalized spacial score (nSPS) is 11.5. The Balaban J connectivity index is 1.77. The summed E-state index contributed by atoms with van der Waals surface area (Å²) in [6.07, 6.45) is -0.0265. The van der Waals surface area contributed by atoms with Crippen LogP contribution in [0.3, 0.4) is 0 Å². The van der Waals surface area contributed by atoms with Crippen LogP contribution < -0.4 is 4.72 Å². The van der Waals surface area contributed by atoms with Crippen molar-refractivity contribution in [3.63, 3.8) is 0 Å². The Morgan fingerprint density at radius 2 is 1.78 bits per heavy atom. The van der Waals surface area contributed by atoms with Gasteiger partial charge in [-0.1, -0.05) is 41.9 Å². The molecule has 1 heterocycles. The first-order chi connectivity index (χ1) is 10.9. The van der Waals surface area contributed by atoms with Crippen LogP contribution in [0.5, 0.6) is 0 Å². The summed E-state index contributed by atoms with van der Waals surface area (Å²) in [5.74, 6) is -0.579.